The number of anilines is 2. The van der Waals surface area contributed by atoms with Crippen molar-refractivity contribution in [3.8, 4) is 0 Å². The van der Waals surface area contributed by atoms with Crippen LogP contribution in [0.5, 0.6) is 0 Å². The minimum atomic E-state index is -3.55. The van der Waals surface area contributed by atoms with Gasteiger partial charge in [0.2, 0.25) is 0 Å². The van der Waals surface area contributed by atoms with E-state index >= 15 is 0 Å². The molecule has 0 bridgehead atoms. The summed E-state index contributed by atoms with van der Waals surface area (Å²) in [5.74, 6) is -1.66. The lowest BCUT2D eigenvalue weighted by atomic mass is 10.2. The molecule has 0 spiro atoms. The summed E-state index contributed by atoms with van der Waals surface area (Å²) in [4.78, 5) is 15.8. The van der Waals surface area contributed by atoms with Crippen molar-refractivity contribution in [1.82, 2.24) is 9.88 Å². The van der Waals surface area contributed by atoms with E-state index in [1.807, 2.05) is 0 Å². The summed E-state index contributed by atoms with van der Waals surface area (Å²) < 4.78 is 94.4. The minimum absolute atomic E-state index is 0.100. The molecule has 0 aliphatic carbocycles. The molecule has 1 saturated heterocycles. The van der Waals surface area contributed by atoms with Gasteiger partial charge in [-0.15, -0.1) is 0 Å². The van der Waals surface area contributed by atoms with Crippen molar-refractivity contribution < 1.29 is 24.6 Å². The van der Waals surface area contributed by atoms with Crippen molar-refractivity contribution in [1.29, 1.82) is 0 Å². The summed E-state index contributed by atoms with van der Waals surface area (Å²) in [7, 11) is 0. The third kappa shape index (κ3) is 3.76. The van der Waals surface area contributed by atoms with E-state index in [2.05, 4.69) is 4.98 Å². The Morgan fingerprint density at radius 3 is 2.65 bits per heavy atom. The number of nitrogens with two attached hydrogens (primary N) is 1. The van der Waals surface area contributed by atoms with Crippen molar-refractivity contribution in [3.05, 3.63) is 18.1 Å². The Balaban J connectivity index is 2.82. The number of rotatable bonds is 1. The van der Waals surface area contributed by atoms with Crippen LogP contribution in [0.3, 0.4) is 0 Å². The molecule has 0 unspecified atom stereocenters. The van der Waals surface area contributed by atoms with Gasteiger partial charge >= 0.3 is 6.09 Å². The first kappa shape index (κ1) is 5.79. The first-order valence-electron chi connectivity index (χ1n) is 11.2. The number of nitrogen functional groups attached to an aromatic ring is 1. The van der Waals surface area contributed by atoms with Gasteiger partial charge in [0.05, 0.1) is 15.1 Å². The molecule has 6 heteroatoms. The number of carbonyl (C=O) groups is 1. The maximum Gasteiger partial charge on any atom is 0.410 e. The van der Waals surface area contributed by atoms with Gasteiger partial charge in [-0.05, 0) is 32.9 Å². The number of hydrogen-bond donors (Lipinski definition) is 1. The number of aromatic nitrogens is 1. The molecule has 1 aromatic heterocycles. The van der Waals surface area contributed by atoms with Crippen LogP contribution in [-0.4, -0.2) is 47.6 Å². The van der Waals surface area contributed by atoms with E-state index in [9.17, 15) is 4.79 Å². The monoisotopic (exact) mass is 289 g/mol. The lowest BCUT2D eigenvalue weighted by Crippen LogP contribution is -2.50. The molecule has 2 rings (SSSR count). The summed E-state index contributed by atoms with van der Waals surface area (Å²) in [5.41, 5.74) is 4.28. The molecule has 2 heterocycles. The van der Waals surface area contributed by atoms with E-state index in [0.29, 0.717) is 0 Å². The topological polar surface area (TPSA) is 71.7 Å². The molecule has 110 valence electrons. The molecule has 1 aliphatic rings. The van der Waals surface area contributed by atoms with Crippen LogP contribution in [0, 0.1) is 0 Å². The summed E-state index contributed by atoms with van der Waals surface area (Å²) in [6, 6.07) is -2.50. The second-order valence-corrected chi connectivity index (χ2v) is 4.79. The van der Waals surface area contributed by atoms with E-state index in [-0.39, 0.29) is 9.80 Å². The van der Waals surface area contributed by atoms with Crippen LogP contribution < -0.4 is 10.6 Å². The molecule has 1 amide bonds. The van der Waals surface area contributed by atoms with Crippen LogP contribution >= 0.6 is 0 Å². The number of ether oxygens (including phenoxy) is 1. The molecule has 1 aromatic rings. The average Bonchev–Trinajstić information content (AvgIpc) is 2.53. The quantitative estimate of drug-likeness (QED) is 0.852. The second-order valence-electron chi connectivity index (χ2n) is 4.79. The summed E-state index contributed by atoms with van der Waals surface area (Å²) in [6.07, 6.45) is -1.64. The number of amides is 1. The third-order valence-corrected chi connectivity index (χ3v) is 1.93. The highest BCUT2D eigenvalue weighted by atomic mass is 16.6. The molecule has 20 heavy (non-hydrogen) atoms. The van der Waals surface area contributed by atoms with Crippen molar-refractivity contribution in [2.24, 2.45) is 0 Å². The molecular formula is C14H22N4O2. The Bertz CT molecular complexity index is 889. The van der Waals surface area contributed by atoms with Crippen LogP contribution in [0.4, 0.5) is 16.4 Å². The highest BCUT2D eigenvalue weighted by molar-refractivity contribution is 5.68. The van der Waals surface area contributed by atoms with Crippen LogP contribution in [0.1, 0.15) is 35.8 Å². The second kappa shape index (κ2) is 5.56. The van der Waals surface area contributed by atoms with Crippen molar-refractivity contribution in [2.45, 2.75) is 26.4 Å². The number of pyridine rings is 1. The summed E-state index contributed by atoms with van der Waals surface area (Å²) >= 11 is 0. The lowest BCUT2D eigenvalue weighted by Gasteiger charge is -2.36. The molecule has 0 atom stereocenters. The zero-order chi connectivity index (χ0) is 24.5. The van der Waals surface area contributed by atoms with Gasteiger partial charge in [0, 0.05) is 26.0 Å². The van der Waals surface area contributed by atoms with Crippen molar-refractivity contribution in [3.63, 3.8) is 0 Å². The zero-order valence-corrected chi connectivity index (χ0v) is 11.2. The molecule has 1 aliphatic heterocycles. The fraction of sp³-hybridized carbons (Fsp3) is 0.571. The fourth-order valence-corrected chi connectivity index (χ4v) is 1.19. The Labute approximate surface area is 135 Å². The summed E-state index contributed by atoms with van der Waals surface area (Å²) in [5, 5.41) is 0. The molecule has 6 nitrogen and oxygen atoms in total. The van der Waals surface area contributed by atoms with E-state index in [1.165, 1.54) is 20.8 Å². The van der Waals surface area contributed by atoms with Gasteiger partial charge in [0.15, 0.2) is 0 Å². The number of nitrogens with zero attached hydrogens (tertiary/aromatic N) is 3. The van der Waals surface area contributed by atoms with Gasteiger partial charge < -0.3 is 20.3 Å². The van der Waals surface area contributed by atoms with E-state index in [1.54, 1.807) is 0 Å². The molecule has 2 N–H and O–H groups in total. The smallest absolute Gasteiger partial charge is 0.410 e. The molecule has 0 aromatic carbocycles. The standard InChI is InChI=1S/C14H22N4O2/c1-14(2,3)20-13(19)18-9-7-17(8-10-18)12-6-4-5-11(15)16-12/h4-6H,7-10H2,1-3H3,(H2,15,16)/i4D,5D,6D,7D2,8D2,9D2,10D2. The first-order valence-corrected chi connectivity index (χ1v) is 5.69. The number of hydrogen-bond acceptors (Lipinski definition) is 5. The van der Waals surface area contributed by atoms with E-state index in [4.69, 9.17) is 25.5 Å². The maximum absolute atomic E-state index is 12.6. The van der Waals surface area contributed by atoms with Gasteiger partial charge in [-0.25, -0.2) is 9.78 Å². The highest BCUT2D eigenvalue weighted by Crippen LogP contribution is 2.16. The normalized spacial score (nSPS) is 34.2. The van der Waals surface area contributed by atoms with Crippen molar-refractivity contribution in [2.75, 3.05) is 36.6 Å². The van der Waals surface area contributed by atoms with Crippen LogP contribution in [0.25, 0.3) is 0 Å². The largest absolute Gasteiger partial charge is 0.444 e. The Hall–Kier alpha value is -1.98. The zero-order valence-electron chi connectivity index (χ0n) is 22.2. The SMILES string of the molecule is [2H]c1c(N)nc(N2C([2H])([2H])C([2H])([2H])N(C(=O)OC(C)(C)C)C([2H])([2H])C2([2H])[2H])c([2H])c1[2H]. The summed E-state index contributed by atoms with van der Waals surface area (Å²) in [6.45, 7) is -9.91. The van der Waals surface area contributed by atoms with Crippen molar-refractivity contribution >= 4 is 17.7 Å². The Kier molecular flexibility index (Phi) is 1.61. The number of carbonyl (C=O) groups excluding carboxylic acids is 1. The minimum Gasteiger partial charge on any atom is -0.444 e. The first-order chi connectivity index (χ1) is 13.6. The van der Waals surface area contributed by atoms with Gasteiger partial charge in [-0.1, -0.05) is 6.04 Å². The molecule has 0 radical (unpaired) electrons. The maximum atomic E-state index is 12.6. The predicted molar refractivity (Wildman–Crippen MR) is 78.7 cm³/mol. The van der Waals surface area contributed by atoms with Gasteiger partial charge in [-0.2, -0.15) is 0 Å². The molecular weight excluding hydrogens is 256 g/mol. The van der Waals surface area contributed by atoms with Crippen LogP contribution in [-0.2, 0) is 4.74 Å². The lowest BCUT2D eigenvalue weighted by molar-refractivity contribution is 0.0240. The van der Waals surface area contributed by atoms with E-state index in [0.717, 1.165) is 0 Å². The van der Waals surface area contributed by atoms with Crippen LogP contribution in [0.2, 0.25) is 0 Å². The predicted octanol–water partition coefficient (Wildman–Crippen LogP) is 1.72. The van der Waals surface area contributed by atoms with E-state index < -0.39 is 67.4 Å². The van der Waals surface area contributed by atoms with Gasteiger partial charge in [0.1, 0.15) is 17.2 Å². The average molecular weight is 289 g/mol. The number of piperazine rings is 1. The molecule has 1 fully saturated rings. The van der Waals surface area contributed by atoms with Gasteiger partial charge in [-0.3, -0.25) is 0 Å². The fourth-order valence-electron chi connectivity index (χ4n) is 1.19. The highest BCUT2D eigenvalue weighted by Gasteiger charge is 2.26. The van der Waals surface area contributed by atoms with Gasteiger partial charge in [0.25, 0.3) is 0 Å². The molecule has 0 saturated carbocycles. The van der Waals surface area contributed by atoms with Crippen LogP contribution in [0.15, 0.2) is 18.1 Å². The Morgan fingerprint density at radius 2 is 2.05 bits per heavy atom. The third-order valence-electron chi connectivity index (χ3n) is 1.93. The Morgan fingerprint density at radius 1 is 1.40 bits per heavy atom.